The van der Waals surface area contributed by atoms with Crippen molar-refractivity contribution in [3.05, 3.63) is 35.9 Å². The van der Waals surface area contributed by atoms with Crippen LogP contribution in [0.4, 0.5) is 0 Å². The first-order valence-electron chi connectivity index (χ1n) is 15.0. The number of hydrogen-bond donors (Lipinski definition) is 1. The quantitative estimate of drug-likeness (QED) is 0.124. The van der Waals surface area contributed by atoms with Crippen molar-refractivity contribution in [2.24, 2.45) is 4.99 Å². The molecule has 0 aromatic heterocycles. The minimum atomic E-state index is -0.993. The number of benzene rings is 1. The van der Waals surface area contributed by atoms with Crippen LogP contribution >= 0.6 is 39.5 Å². The minimum Gasteiger partial charge on any atom is -0.426 e. The Balaban J connectivity index is 1.21. The van der Waals surface area contributed by atoms with Crippen molar-refractivity contribution < 1.29 is 38.2 Å². The second kappa shape index (κ2) is 13.1. The third kappa shape index (κ3) is 6.52. The van der Waals surface area contributed by atoms with Gasteiger partial charge in [0.05, 0.1) is 6.42 Å². The van der Waals surface area contributed by atoms with Crippen molar-refractivity contribution >= 4 is 80.7 Å². The van der Waals surface area contributed by atoms with Crippen molar-refractivity contribution in [3.8, 4) is 0 Å². The van der Waals surface area contributed by atoms with Gasteiger partial charge in [0.1, 0.15) is 33.7 Å². The summed E-state index contributed by atoms with van der Waals surface area (Å²) in [5, 5.41) is 2.10. The van der Waals surface area contributed by atoms with Crippen molar-refractivity contribution in [1.29, 1.82) is 0 Å². The number of nitrogens with one attached hydrogen (secondary N) is 1. The van der Waals surface area contributed by atoms with Crippen LogP contribution < -0.4 is 5.32 Å². The fourth-order valence-electron chi connectivity index (χ4n) is 6.17. The second-order valence-electron chi connectivity index (χ2n) is 13.1. The first-order chi connectivity index (χ1) is 22.0. The van der Waals surface area contributed by atoms with Crippen LogP contribution in [-0.2, 0) is 38.2 Å². The maximum Gasteiger partial charge on any atom is 0.333 e. The van der Waals surface area contributed by atoms with Gasteiger partial charge in [0, 0.05) is 29.3 Å². The molecule has 0 saturated carbocycles. The fourth-order valence-corrected chi connectivity index (χ4v) is 10.1. The van der Waals surface area contributed by atoms with Crippen LogP contribution in [0.15, 0.2) is 35.3 Å². The van der Waals surface area contributed by atoms with Crippen LogP contribution in [0, 0.1) is 0 Å². The molecule has 254 valence electrons. The zero-order valence-corrected chi connectivity index (χ0v) is 30.3. The molecule has 0 radical (unpaired) electrons. The number of ether oxygens (including phenoxy) is 2. The number of rotatable bonds is 10. The summed E-state index contributed by atoms with van der Waals surface area (Å²) in [6.45, 7) is 8.31. The predicted molar refractivity (Wildman–Crippen MR) is 179 cm³/mol. The van der Waals surface area contributed by atoms with Gasteiger partial charge in [-0.15, -0.1) is 23.5 Å². The number of thioether (sulfide) groups is 2. The molecule has 13 nitrogen and oxygen atoms in total. The normalized spacial score (nSPS) is 29.1. The largest absolute Gasteiger partial charge is 0.426 e. The Hall–Kier alpha value is -3.11. The first-order valence-corrected chi connectivity index (χ1v) is 17.7. The zero-order chi connectivity index (χ0) is 34.6. The van der Waals surface area contributed by atoms with Crippen LogP contribution in [0.1, 0.15) is 52.6 Å². The lowest BCUT2D eigenvalue weighted by Crippen LogP contribution is -2.71. The molecule has 16 heteroatoms. The number of carbonyl (C=O) groups is 6. The van der Waals surface area contributed by atoms with E-state index in [-0.39, 0.29) is 28.4 Å². The van der Waals surface area contributed by atoms with Gasteiger partial charge in [-0.1, -0.05) is 46.3 Å². The van der Waals surface area contributed by atoms with E-state index >= 15 is 0 Å². The Labute approximate surface area is 290 Å². The second-order valence-corrected chi connectivity index (χ2v) is 17.6. The van der Waals surface area contributed by atoms with Crippen LogP contribution in [0.25, 0.3) is 0 Å². The maximum absolute atomic E-state index is 13.6. The van der Waals surface area contributed by atoms with Crippen molar-refractivity contribution in [3.63, 3.8) is 0 Å². The molecular weight excluding hydrogens is 714 g/mol. The number of halogens is 1. The highest BCUT2D eigenvalue weighted by Crippen LogP contribution is 2.53. The van der Waals surface area contributed by atoms with Gasteiger partial charge in [-0.3, -0.25) is 24.2 Å². The molecule has 0 bridgehead atoms. The summed E-state index contributed by atoms with van der Waals surface area (Å²) in [6.07, 6.45) is 0.0388. The van der Waals surface area contributed by atoms with E-state index in [4.69, 9.17) is 9.47 Å². The Morgan fingerprint density at radius 3 is 2.02 bits per heavy atom. The van der Waals surface area contributed by atoms with E-state index < -0.39 is 69.6 Å². The van der Waals surface area contributed by atoms with E-state index in [0.29, 0.717) is 11.3 Å². The molecule has 4 amide bonds. The van der Waals surface area contributed by atoms with Gasteiger partial charge in [0.15, 0.2) is 6.04 Å². The van der Waals surface area contributed by atoms with E-state index in [1.807, 2.05) is 19.9 Å². The van der Waals surface area contributed by atoms with Gasteiger partial charge in [-0.05, 0) is 40.2 Å². The summed E-state index contributed by atoms with van der Waals surface area (Å²) in [7, 11) is 3.28. The highest BCUT2D eigenvalue weighted by Gasteiger charge is 2.65. The molecular formula is C31H38BrN5O8S2. The summed E-state index contributed by atoms with van der Waals surface area (Å²) in [5.74, 6) is -2.74. The van der Waals surface area contributed by atoms with Gasteiger partial charge in [-0.2, -0.15) is 0 Å². The lowest BCUT2D eigenvalue weighted by molar-refractivity contribution is -0.181. The highest BCUT2D eigenvalue weighted by molar-refractivity contribution is 9.10. The van der Waals surface area contributed by atoms with Gasteiger partial charge in [-0.25, -0.2) is 9.59 Å². The predicted octanol–water partition coefficient (Wildman–Crippen LogP) is 2.08. The molecule has 4 aliphatic heterocycles. The Bertz CT molecular complexity index is 1520. The van der Waals surface area contributed by atoms with Gasteiger partial charge in [0.25, 0.3) is 0 Å². The van der Waals surface area contributed by atoms with Gasteiger partial charge < -0.3 is 29.5 Å². The van der Waals surface area contributed by atoms with Crippen LogP contribution in [0.2, 0.25) is 0 Å². The van der Waals surface area contributed by atoms with E-state index in [9.17, 15) is 28.8 Å². The molecule has 0 aliphatic carbocycles. The molecule has 7 atom stereocenters. The average Bonchev–Trinajstić information content (AvgIpc) is 3.43. The summed E-state index contributed by atoms with van der Waals surface area (Å²) >= 11 is 6.20. The third-order valence-corrected chi connectivity index (χ3v) is 13.0. The van der Waals surface area contributed by atoms with Crippen LogP contribution in [-0.4, -0.2) is 120 Å². The van der Waals surface area contributed by atoms with Crippen molar-refractivity contribution in [2.75, 3.05) is 20.9 Å². The summed E-state index contributed by atoms with van der Waals surface area (Å²) in [4.78, 5) is 86.4. The number of amides is 4. The van der Waals surface area contributed by atoms with E-state index in [1.54, 1.807) is 59.1 Å². The number of esters is 2. The first kappa shape index (κ1) is 35.2. The third-order valence-electron chi connectivity index (χ3n) is 8.58. The van der Waals surface area contributed by atoms with Gasteiger partial charge >= 0.3 is 11.9 Å². The number of aliphatic imine (C=N–C) groups is 1. The van der Waals surface area contributed by atoms with E-state index in [0.717, 1.165) is 0 Å². The zero-order valence-electron chi connectivity index (χ0n) is 27.1. The summed E-state index contributed by atoms with van der Waals surface area (Å²) in [6, 6.07) is 5.14. The number of alkyl halides is 1. The van der Waals surface area contributed by atoms with Crippen molar-refractivity contribution in [2.45, 2.75) is 90.3 Å². The van der Waals surface area contributed by atoms with Crippen molar-refractivity contribution in [1.82, 2.24) is 20.0 Å². The van der Waals surface area contributed by atoms with Crippen LogP contribution in [0.3, 0.4) is 0 Å². The molecule has 4 heterocycles. The SMILES string of the molecule is CC(CC(=O)N(C)C)=NC(C(=O)N[C@@H]1C(=O)N2[C@@H]1SC(C)(C)[C@@H]2C(=O)OCOC(=O)[C@@H]1N2C(=O)[C@@H](Br)[C@H]2SC1(C)C)c1ccccc1. The van der Waals surface area contributed by atoms with E-state index in [1.165, 1.54) is 38.2 Å². The molecule has 1 N–H and O–H groups in total. The Kier molecular flexibility index (Phi) is 9.79. The molecule has 47 heavy (non-hydrogen) atoms. The topological polar surface area (TPSA) is 155 Å². The van der Waals surface area contributed by atoms with Gasteiger partial charge in [0.2, 0.25) is 30.4 Å². The molecule has 4 fully saturated rings. The highest BCUT2D eigenvalue weighted by atomic mass is 79.9. The molecule has 5 rings (SSSR count). The molecule has 4 saturated heterocycles. The van der Waals surface area contributed by atoms with Crippen LogP contribution in [0.5, 0.6) is 0 Å². The number of fused-ring (bicyclic) bond motifs is 2. The number of nitrogens with zero attached hydrogens (tertiary/aromatic N) is 4. The number of β-lactam (4-membered cyclic amide) rings is 2. The number of carbonyl (C=O) groups excluding carboxylic acids is 6. The minimum absolute atomic E-state index is 0.0388. The Morgan fingerprint density at radius 1 is 0.936 bits per heavy atom. The maximum atomic E-state index is 13.6. The monoisotopic (exact) mass is 751 g/mol. The average molecular weight is 753 g/mol. The fraction of sp³-hybridized carbons (Fsp3) is 0.581. The summed E-state index contributed by atoms with van der Waals surface area (Å²) in [5.41, 5.74) is 1.06. The Morgan fingerprint density at radius 2 is 1.47 bits per heavy atom. The molecule has 4 aliphatic rings. The number of hydrogen-bond acceptors (Lipinski definition) is 11. The molecule has 1 unspecified atom stereocenters. The lowest BCUT2D eigenvalue weighted by Gasteiger charge is -2.44. The summed E-state index contributed by atoms with van der Waals surface area (Å²) < 4.78 is 9.27. The molecule has 1 aromatic rings. The standard InChI is InChI=1S/C31H38BrN5O8S2/c1-15(13-17(38)35(6)7)33-19(16-11-9-8-10-12-16)23(39)34-20-25(41)37-22(31(4,5)47-27(20)37)29(43)45-14-44-28(42)21-30(2,3)46-26-18(32)24(40)36(21)26/h8-12,18-22,26-27H,13-14H2,1-7H3,(H,34,39)/t18-,19?,20-,21+,22+,26-,27-/m1/s1. The van der Waals surface area contributed by atoms with E-state index in [2.05, 4.69) is 26.2 Å². The lowest BCUT2D eigenvalue weighted by atomic mass is 9.95. The molecule has 0 spiro atoms. The smallest absolute Gasteiger partial charge is 0.333 e. The molecule has 1 aromatic carbocycles.